The molecule has 0 fully saturated rings. The van der Waals surface area contributed by atoms with Crippen LogP contribution in [0.3, 0.4) is 0 Å². The van der Waals surface area contributed by atoms with E-state index in [1.807, 2.05) is 42.5 Å². The molecule has 0 aliphatic carbocycles. The number of nitrogens with zero attached hydrogens (tertiary/aromatic N) is 1. The van der Waals surface area contributed by atoms with E-state index < -0.39 is 0 Å². The highest BCUT2D eigenvalue weighted by Gasteiger charge is 2.10. The second-order valence-electron chi connectivity index (χ2n) is 5.67. The Morgan fingerprint density at radius 2 is 1.85 bits per heavy atom. The monoisotopic (exact) mass is 384 g/mol. The highest BCUT2D eigenvalue weighted by Crippen LogP contribution is 2.31. The molecular weight excluding hydrogens is 367 g/mol. The summed E-state index contributed by atoms with van der Waals surface area (Å²) >= 11 is 6.02. The lowest BCUT2D eigenvalue weighted by Crippen LogP contribution is -2.01. The van der Waals surface area contributed by atoms with E-state index in [1.165, 1.54) is 12.1 Å². The lowest BCUT2D eigenvalue weighted by Gasteiger charge is -2.13. The summed E-state index contributed by atoms with van der Waals surface area (Å²) in [6.45, 7) is 0.340. The van der Waals surface area contributed by atoms with Gasteiger partial charge in [0.05, 0.1) is 19.0 Å². The van der Waals surface area contributed by atoms with Crippen LogP contribution in [0.15, 0.2) is 71.8 Å². The SMILES string of the molecule is COc1cccc(C=NNc2ccc(F)cc2)c1OCc1cccc(Cl)c1. The largest absolute Gasteiger partial charge is 0.493 e. The van der Waals surface area contributed by atoms with Gasteiger partial charge in [0.1, 0.15) is 12.4 Å². The fourth-order valence-electron chi connectivity index (χ4n) is 2.43. The number of para-hydroxylation sites is 1. The second kappa shape index (κ2) is 9.05. The molecule has 0 unspecified atom stereocenters. The molecule has 0 amide bonds. The van der Waals surface area contributed by atoms with Gasteiger partial charge in [0.25, 0.3) is 0 Å². The fourth-order valence-corrected chi connectivity index (χ4v) is 2.65. The summed E-state index contributed by atoms with van der Waals surface area (Å²) in [5.74, 6) is 0.876. The van der Waals surface area contributed by atoms with E-state index >= 15 is 0 Å². The van der Waals surface area contributed by atoms with Crippen molar-refractivity contribution >= 4 is 23.5 Å². The third kappa shape index (κ3) is 5.21. The third-order valence-corrected chi connectivity index (χ3v) is 3.98. The Labute approximate surface area is 162 Å². The van der Waals surface area contributed by atoms with Crippen LogP contribution >= 0.6 is 11.6 Å². The number of benzene rings is 3. The van der Waals surface area contributed by atoms with Gasteiger partial charge in [-0.1, -0.05) is 29.8 Å². The first-order valence-electron chi connectivity index (χ1n) is 8.24. The first-order valence-corrected chi connectivity index (χ1v) is 8.62. The number of ether oxygens (including phenoxy) is 2. The van der Waals surface area contributed by atoms with Crippen LogP contribution < -0.4 is 14.9 Å². The van der Waals surface area contributed by atoms with Gasteiger partial charge < -0.3 is 9.47 Å². The number of hydrogen-bond acceptors (Lipinski definition) is 4. The number of hydrogen-bond donors (Lipinski definition) is 1. The van der Waals surface area contributed by atoms with Crippen molar-refractivity contribution < 1.29 is 13.9 Å². The summed E-state index contributed by atoms with van der Waals surface area (Å²) in [7, 11) is 1.58. The van der Waals surface area contributed by atoms with Gasteiger partial charge in [-0.3, -0.25) is 5.43 Å². The zero-order valence-corrected chi connectivity index (χ0v) is 15.4. The molecule has 0 aliphatic heterocycles. The van der Waals surface area contributed by atoms with Gasteiger partial charge in [0, 0.05) is 10.6 Å². The Kier molecular flexibility index (Phi) is 6.28. The van der Waals surface area contributed by atoms with Crippen LogP contribution in [0.4, 0.5) is 10.1 Å². The number of halogens is 2. The van der Waals surface area contributed by atoms with E-state index in [9.17, 15) is 4.39 Å². The van der Waals surface area contributed by atoms with Crippen LogP contribution in [0, 0.1) is 5.82 Å². The maximum absolute atomic E-state index is 13.0. The molecule has 6 heteroatoms. The molecule has 138 valence electrons. The summed E-state index contributed by atoms with van der Waals surface area (Å²) in [6.07, 6.45) is 1.62. The molecule has 1 N–H and O–H groups in total. The Morgan fingerprint density at radius 1 is 1.07 bits per heavy atom. The quantitative estimate of drug-likeness (QED) is 0.431. The minimum Gasteiger partial charge on any atom is -0.493 e. The molecule has 0 aliphatic rings. The molecule has 3 rings (SSSR count). The van der Waals surface area contributed by atoms with Crippen LogP contribution in [0.25, 0.3) is 0 Å². The van der Waals surface area contributed by atoms with Crippen molar-refractivity contribution in [3.8, 4) is 11.5 Å². The van der Waals surface area contributed by atoms with Gasteiger partial charge in [0.2, 0.25) is 0 Å². The van der Waals surface area contributed by atoms with Crippen molar-refractivity contribution in [2.45, 2.75) is 6.61 Å². The first kappa shape index (κ1) is 18.7. The Morgan fingerprint density at radius 3 is 2.59 bits per heavy atom. The lowest BCUT2D eigenvalue weighted by molar-refractivity contribution is 0.284. The maximum atomic E-state index is 13.0. The topological polar surface area (TPSA) is 42.8 Å². The molecule has 0 saturated heterocycles. The molecule has 0 heterocycles. The molecule has 27 heavy (non-hydrogen) atoms. The zero-order chi connectivity index (χ0) is 19.1. The number of methoxy groups -OCH3 is 1. The predicted octanol–water partition coefficient (Wildman–Crippen LogP) is 5.51. The normalized spacial score (nSPS) is 10.8. The molecule has 0 saturated carbocycles. The molecule has 0 radical (unpaired) electrons. The highest BCUT2D eigenvalue weighted by molar-refractivity contribution is 6.30. The van der Waals surface area contributed by atoms with Gasteiger partial charge in [0.15, 0.2) is 11.5 Å². The first-order chi connectivity index (χ1) is 13.2. The minimum absolute atomic E-state index is 0.297. The maximum Gasteiger partial charge on any atom is 0.170 e. The van der Waals surface area contributed by atoms with Gasteiger partial charge in [-0.2, -0.15) is 5.10 Å². The average Bonchev–Trinajstić information content (AvgIpc) is 2.68. The molecule has 0 aromatic heterocycles. The van der Waals surface area contributed by atoms with E-state index in [2.05, 4.69) is 10.5 Å². The predicted molar refractivity (Wildman–Crippen MR) is 106 cm³/mol. The van der Waals surface area contributed by atoms with Crippen LogP contribution in [-0.2, 0) is 6.61 Å². The van der Waals surface area contributed by atoms with Crippen molar-refractivity contribution in [3.05, 3.63) is 88.7 Å². The molecule has 0 spiro atoms. The number of anilines is 1. The molecule has 3 aromatic carbocycles. The number of hydrazone groups is 1. The van der Waals surface area contributed by atoms with Crippen LogP contribution in [0.2, 0.25) is 5.02 Å². The van der Waals surface area contributed by atoms with Crippen LogP contribution in [0.5, 0.6) is 11.5 Å². The summed E-state index contributed by atoms with van der Waals surface area (Å²) in [4.78, 5) is 0. The smallest absolute Gasteiger partial charge is 0.170 e. The molecule has 3 aromatic rings. The van der Waals surface area contributed by atoms with E-state index in [0.29, 0.717) is 28.8 Å². The van der Waals surface area contributed by atoms with Crippen molar-refractivity contribution in [2.24, 2.45) is 5.10 Å². The highest BCUT2D eigenvalue weighted by atomic mass is 35.5. The van der Waals surface area contributed by atoms with E-state index in [4.69, 9.17) is 21.1 Å². The Bertz CT molecular complexity index is 930. The van der Waals surface area contributed by atoms with Crippen molar-refractivity contribution in [3.63, 3.8) is 0 Å². The lowest BCUT2D eigenvalue weighted by atomic mass is 10.2. The number of nitrogens with one attached hydrogen (secondary N) is 1. The standard InChI is InChI=1S/C21H18ClFN2O2/c1-26-20-7-3-5-16(13-24-25-19-10-8-18(23)9-11-19)21(20)27-14-15-4-2-6-17(22)12-15/h2-13,25H,14H2,1H3. The van der Waals surface area contributed by atoms with Gasteiger partial charge in [-0.25, -0.2) is 4.39 Å². The zero-order valence-electron chi connectivity index (χ0n) is 14.7. The van der Waals surface area contributed by atoms with E-state index in [1.54, 1.807) is 25.5 Å². The Hall–Kier alpha value is -3.05. The van der Waals surface area contributed by atoms with Gasteiger partial charge in [-0.15, -0.1) is 0 Å². The van der Waals surface area contributed by atoms with Crippen molar-refractivity contribution in [2.75, 3.05) is 12.5 Å². The fraction of sp³-hybridized carbons (Fsp3) is 0.0952. The van der Waals surface area contributed by atoms with E-state index in [-0.39, 0.29) is 5.82 Å². The molecular formula is C21H18ClFN2O2. The Balaban J connectivity index is 1.76. The van der Waals surface area contributed by atoms with E-state index in [0.717, 1.165) is 11.1 Å². The molecule has 0 atom stereocenters. The molecule has 4 nitrogen and oxygen atoms in total. The summed E-state index contributed by atoms with van der Waals surface area (Å²) < 4.78 is 24.3. The number of rotatable bonds is 7. The third-order valence-electron chi connectivity index (χ3n) is 3.74. The summed E-state index contributed by atoms with van der Waals surface area (Å²) in [6, 6.07) is 18.9. The van der Waals surface area contributed by atoms with Gasteiger partial charge in [-0.05, 0) is 54.1 Å². The van der Waals surface area contributed by atoms with Gasteiger partial charge >= 0.3 is 0 Å². The second-order valence-corrected chi connectivity index (χ2v) is 6.11. The minimum atomic E-state index is -0.297. The van der Waals surface area contributed by atoms with Crippen LogP contribution in [-0.4, -0.2) is 13.3 Å². The summed E-state index contributed by atoms with van der Waals surface area (Å²) in [5.41, 5.74) is 5.22. The van der Waals surface area contributed by atoms with Crippen molar-refractivity contribution in [1.29, 1.82) is 0 Å². The van der Waals surface area contributed by atoms with Crippen LogP contribution in [0.1, 0.15) is 11.1 Å². The average molecular weight is 385 g/mol. The van der Waals surface area contributed by atoms with Crippen molar-refractivity contribution in [1.82, 2.24) is 0 Å². The molecule has 0 bridgehead atoms. The summed E-state index contributed by atoms with van der Waals surface area (Å²) in [5, 5.41) is 4.85.